The van der Waals surface area contributed by atoms with Crippen molar-refractivity contribution in [1.29, 1.82) is 0 Å². The third-order valence-corrected chi connectivity index (χ3v) is 3.04. The molecule has 0 fully saturated rings. The summed E-state index contributed by atoms with van der Waals surface area (Å²) < 4.78 is 10.4. The Morgan fingerprint density at radius 1 is 1.39 bits per heavy atom. The maximum atomic E-state index is 12.3. The van der Waals surface area contributed by atoms with Gasteiger partial charge in [0.25, 0.3) is 0 Å². The van der Waals surface area contributed by atoms with Crippen molar-refractivity contribution >= 4 is 17.4 Å². The van der Waals surface area contributed by atoms with Crippen LogP contribution in [0, 0.1) is 0 Å². The van der Waals surface area contributed by atoms with Gasteiger partial charge >= 0.3 is 0 Å². The van der Waals surface area contributed by atoms with Gasteiger partial charge in [-0.05, 0) is 24.3 Å². The second-order valence-electron chi connectivity index (χ2n) is 3.79. The predicted molar refractivity (Wildman–Crippen MR) is 69.5 cm³/mol. The van der Waals surface area contributed by atoms with Crippen LogP contribution in [0.15, 0.2) is 34.9 Å². The van der Waals surface area contributed by atoms with Crippen molar-refractivity contribution in [3.63, 3.8) is 0 Å². The van der Waals surface area contributed by atoms with E-state index >= 15 is 0 Å². The highest BCUT2D eigenvalue weighted by Gasteiger charge is 2.16. The van der Waals surface area contributed by atoms with Crippen LogP contribution in [-0.2, 0) is 6.42 Å². The Bertz CT molecular complexity index is 572. The molecule has 0 aliphatic carbocycles. The molecule has 94 valence electrons. The monoisotopic (exact) mass is 264 g/mol. The molecular formula is C14H13ClO3. The Labute approximate surface area is 110 Å². The minimum atomic E-state index is -0.0874. The van der Waals surface area contributed by atoms with Crippen molar-refractivity contribution in [2.75, 3.05) is 7.11 Å². The molecule has 0 amide bonds. The highest BCUT2D eigenvalue weighted by atomic mass is 35.5. The molecule has 2 aromatic rings. The minimum absolute atomic E-state index is 0.0874. The van der Waals surface area contributed by atoms with Gasteiger partial charge in [0.1, 0.15) is 11.5 Å². The molecule has 4 heteroatoms. The summed E-state index contributed by atoms with van der Waals surface area (Å²) in [6.07, 6.45) is 2.21. The quantitative estimate of drug-likeness (QED) is 0.790. The van der Waals surface area contributed by atoms with Crippen LogP contribution in [0.2, 0.25) is 5.02 Å². The van der Waals surface area contributed by atoms with E-state index in [1.165, 1.54) is 13.4 Å². The number of aryl methyl sites for hydroxylation is 1. The van der Waals surface area contributed by atoms with E-state index in [1.807, 2.05) is 6.92 Å². The fourth-order valence-electron chi connectivity index (χ4n) is 1.77. The summed E-state index contributed by atoms with van der Waals surface area (Å²) in [4.78, 5) is 12.3. The van der Waals surface area contributed by atoms with E-state index in [9.17, 15) is 4.79 Å². The highest BCUT2D eigenvalue weighted by molar-refractivity contribution is 6.32. The maximum Gasteiger partial charge on any atom is 0.196 e. The number of carbonyl (C=O) groups excluding carboxylic acids is 1. The lowest BCUT2D eigenvalue weighted by Gasteiger charge is -2.05. The van der Waals surface area contributed by atoms with Gasteiger partial charge < -0.3 is 9.15 Å². The van der Waals surface area contributed by atoms with Gasteiger partial charge in [-0.3, -0.25) is 4.79 Å². The molecule has 1 aromatic heterocycles. The van der Waals surface area contributed by atoms with E-state index in [0.717, 1.165) is 0 Å². The summed E-state index contributed by atoms with van der Waals surface area (Å²) in [5, 5.41) is 0.483. The van der Waals surface area contributed by atoms with Crippen LogP contribution >= 0.6 is 11.6 Å². The lowest BCUT2D eigenvalue weighted by atomic mass is 10.0. The third-order valence-electron chi connectivity index (χ3n) is 2.72. The van der Waals surface area contributed by atoms with E-state index < -0.39 is 0 Å². The smallest absolute Gasteiger partial charge is 0.196 e. The Hall–Kier alpha value is -1.74. The topological polar surface area (TPSA) is 39.4 Å². The molecule has 0 aliphatic rings. The highest BCUT2D eigenvalue weighted by Crippen LogP contribution is 2.27. The molecule has 0 bridgehead atoms. The van der Waals surface area contributed by atoms with Crippen LogP contribution in [0.4, 0.5) is 0 Å². The summed E-state index contributed by atoms with van der Waals surface area (Å²) in [5.41, 5.74) is 1.12. The van der Waals surface area contributed by atoms with Crippen molar-refractivity contribution < 1.29 is 13.9 Å². The number of hydrogen-bond donors (Lipinski definition) is 0. The number of hydrogen-bond acceptors (Lipinski definition) is 3. The summed E-state index contributed by atoms with van der Waals surface area (Å²) >= 11 is 5.93. The van der Waals surface area contributed by atoms with Crippen molar-refractivity contribution in [2.45, 2.75) is 13.3 Å². The number of carbonyl (C=O) groups is 1. The van der Waals surface area contributed by atoms with Gasteiger partial charge in [-0.25, -0.2) is 0 Å². The van der Waals surface area contributed by atoms with Crippen molar-refractivity contribution in [3.8, 4) is 5.75 Å². The van der Waals surface area contributed by atoms with E-state index in [1.54, 1.807) is 24.3 Å². The summed E-state index contributed by atoms with van der Waals surface area (Å²) in [5.74, 6) is 1.09. The number of ketones is 1. The number of furan rings is 1. The molecule has 1 heterocycles. The molecule has 0 saturated carbocycles. The van der Waals surface area contributed by atoms with Crippen molar-refractivity contribution in [1.82, 2.24) is 0 Å². The molecule has 0 aliphatic heterocycles. The Morgan fingerprint density at radius 3 is 2.83 bits per heavy atom. The summed E-state index contributed by atoms with van der Waals surface area (Å²) in [7, 11) is 1.52. The van der Waals surface area contributed by atoms with E-state index in [-0.39, 0.29) is 5.78 Å². The summed E-state index contributed by atoms with van der Waals surface area (Å²) in [6, 6.07) is 6.65. The van der Waals surface area contributed by atoms with Crippen LogP contribution in [0.3, 0.4) is 0 Å². The molecule has 1 aromatic carbocycles. The zero-order valence-corrected chi connectivity index (χ0v) is 11.0. The fourth-order valence-corrected chi connectivity index (χ4v) is 1.97. The standard InChI is InChI=1S/C14H13ClO3/c1-3-12-10(6-7-18-12)14(16)9-4-5-11(15)13(8-9)17-2/h4-8H,3H2,1-2H3. The van der Waals surface area contributed by atoms with Crippen LogP contribution in [-0.4, -0.2) is 12.9 Å². The van der Waals surface area contributed by atoms with Crippen LogP contribution in [0.1, 0.15) is 28.6 Å². The molecule has 2 rings (SSSR count). The molecule has 0 radical (unpaired) electrons. The number of ether oxygens (including phenoxy) is 1. The molecule has 0 saturated heterocycles. The third kappa shape index (κ3) is 2.27. The SMILES string of the molecule is CCc1occc1C(=O)c1ccc(Cl)c(OC)c1. The van der Waals surface area contributed by atoms with Crippen LogP contribution in [0.25, 0.3) is 0 Å². The fraction of sp³-hybridized carbons (Fsp3) is 0.214. The van der Waals surface area contributed by atoms with Gasteiger partial charge in [0, 0.05) is 12.0 Å². The number of methoxy groups -OCH3 is 1. The zero-order chi connectivity index (χ0) is 13.1. The average molecular weight is 265 g/mol. The molecule has 0 unspecified atom stereocenters. The molecule has 18 heavy (non-hydrogen) atoms. The lowest BCUT2D eigenvalue weighted by Crippen LogP contribution is -2.03. The van der Waals surface area contributed by atoms with Crippen molar-refractivity contribution in [3.05, 3.63) is 52.4 Å². The second kappa shape index (κ2) is 5.27. The summed E-state index contributed by atoms with van der Waals surface area (Å²) in [6.45, 7) is 1.94. The maximum absolute atomic E-state index is 12.3. The number of rotatable bonds is 4. The van der Waals surface area contributed by atoms with E-state index in [2.05, 4.69) is 0 Å². The van der Waals surface area contributed by atoms with Crippen LogP contribution < -0.4 is 4.74 Å². The molecule has 0 N–H and O–H groups in total. The van der Waals surface area contributed by atoms with Crippen LogP contribution in [0.5, 0.6) is 5.75 Å². The van der Waals surface area contributed by atoms with E-state index in [4.69, 9.17) is 20.8 Å². The first-order valence-corrected chi connectivity index (χ1v) is 5.99. The first-order valence-electron chi connectivity index (χ1n) is 5.62. The Kier molecular flexibility index (Phi) is 3.72. The minimum Gasteiger partial charge on any atom is -0.495 e. The first-order chi connectivity index (χ1) is 8.67. The average Bonchev–Trinajstić information content (AvgIpc) is 2.86. The van der Waals surface area contributed by atoms with Crippen molar-refractivity contribution in [2.24, 2.45) is 0 Å². The van der Waals surface area contributed by atoms with Gasteiger partial charge in [-0.15, -0.1) is 0 Å². The lowest BCUT2D eigenvalue weighted by molar-refractivity contribution is 0.103. The van der Waals surface area contributed by atoms with Gasteiger partial charge in [0.15, 0.2) is 5.78 Å². The van der Waals surface area contributed by atoms with Gasteiger partial charge in [-0.1, -0.05) is 18.5 Å². The van der Waals surface area contributed by atoms with E-state index in [0.29, 0.717) is 34.1 Å². The Morgan fingerprint density at radius 2 is 2.17 bits per heavy atom. The van der Waals surface area contributed by atoms with Gasteiger partial charge in [0.2, 0.25) is 0 Å². The number of halogens is 1. The molecular weight excluding hydrogens is 252 g/mol. The number of benzene rings is 1. The zero-order valence-electron chi connectivity index (χ0n) is 10.2. The molecule has 0 atom stereocenters. The largest absolute Gasteiger partial charge is 0.495 e. The van der Waals surface area contributed by atoms with Gasteiger partial charge in [0.05, 0.1) is 24.0 Å². The first kappa shape index (κ1) is 12.7. The van der Waals surface area contributed by atoms with Gasteiger partial charge in [-0.2, -0.15) is 0 Å². The molecule has 0 spiro atoms. The normalized spacial score (nSPS) is 10.4. The Balaban J connectivity index is 2.40. The predicted octanol–water partition coefficient (Wildman–Crippen LogP) is 3.74. The second-order valence-corrected chi connectivity index (χ2v) is 4.20. The molecule has 3 nitrogen and oxygen atoms in total.